The molecule has 2 aromatic heterocycles. The Morgan fingerprint density at radius 3 is 2.42 bits per heavy atom. The van der Waals surface area contributed by atoms with E-state index in [9.17, 15) is 14.7 Å². The average molecular weight is 558 g/mol. The molecule has 0 fully saturated rings. The Bertz CT molecular complexity index is 1430. The second-order valence-electron chi connectivity index (χ2n) is 9.86. The van der Waals surface area contributed by atoms with Crippen LogP contribution in [0.5, 0.6) is 0 Å². The number of nitrogens with zero attached hydrogens (tertiary/aromatic N) is 3. The summed E-state index contributed by atoms with van der Waals surface area (Å²) in [5.41, 5.74) is 4.50. The van der Waals surface area contributed by atoms with Gasteiger partial charge in [-0.25, -0.2) is 4.98 Å². The molecule has 8 nitrogen and oxygen atoms in total. The van der Waals surface area contributed by atoms with Crippen LogP contribution in [0.15, 0.2) is 78.2 Å². The molecule has 0 saturated heterocycles. The Kier molecular flexibility index (Phi) is 10.1. The highest BCUT2D eigenvalue weighted by atomic mass is 32.1. The van der Waals surface area contributed by atoms with Gasteiger partial charge in [-0.3, -0.25) is 14.6 Å². The highest BCUT2D eigenvalue weighted by Gasteiger charge is 2.23. The minimum Gasteiger partial charge on any atom is -0.390 e. The lowest BCUT2D eigenvalue weighted by molar-refractivity contribution is 0.0784. The van der Waals surface area contributed by atoms with Crippen molar-refractivity contribution in [3.8, 4) is 0 Å². The number of carbonyl (C=O) groups is 2. The van der Waals surface area contributed by atoms with Crippen molar-refractivity contribution < 1.29 is 14.7 Å². The molecule has 2 atom stereocenters. The topological polar surface area (TPSA) is 107 Å². The van der Waals surface area contributed by atoms with E-state index in [0.717, 1.165) is 27.7 Å². The summed E-state index contributed by atoms with van der Waals surface area (Å²) in [5.74, 6) is -0.550. The van der Waals surface area contributed by atoms with Crippen LogP contribution >= 0.6 is 11.3 Å². The number of benzene rings is 2. The monoisotopic (exact) mass is 557 g/mol. The molecule has 3 N–H and O–H groups in total. The van der Waals surface area contributed by atoms with Crippen molar-refractivity contribution in [1.82, 2.24) is 25.5 Å². The van der Waals surface area contributed by atoms with E-state index in [1.807, 2.05) is 67.8 Å². The minimum atomic E-state index is -0.855. The fraction of sp³-hybridized carbons (Fsp3) is 0.290. The second kappa shape index (κ2) is 13.9. The summed E-state index contributed by atoms with van der Waals surface area (Å²) < 4.78 is 0. The van der Waals surface area contributed by atoms with Crippen LogP contribution in [0.1, 0.15) is 48.4 Å². The Morgan fingerprint density at radius 2 is 1.70 bits per heavy atom. The summed E-state index contributed by atoms with van der Waals surface area (Å²) in [4.78, 5) is 36.9. The normalized spacial score (nSPS) is 12.5. The number of amides is 2. The van der Waals surface area contributed by atoms with Gasteiger partial charge in [0.1, 0.15) is 5.01 Å². The molecule has 0 bridgehead atoms. The first-order valence-electron chi connectivity index (χ1n) is 13.2. The maximum atomic E-state index is 13.3. The van der Waals surface area contributed by atoms with E-state index in [1.165, 1.54) is 11.3 Å². The number of aromatic nitrogens is 2. The molecule has 4 rings (SSSR count). The minimum absolute atomic E-state index is 0.197. The van der Waals surface area contributed by atoms with Gasteiger partial charge in [0, 0.05) is 48.0 Å². The third-order valence-electron chi connectivity index (χ3n) is 6.44. The summed E-state index contributed by atoms with van der Waals surface area (Å²) in [6, 6.07) is 21.6. The van der Waals surface area contributed by atoms with Crippen molar-refractivity contribution in [3.63, 3.8) is 0 Å². The maximum absolute atomic E-state index is 13.3. The molecule has 2 amide bonds. The van der Waals surface area contributed by atoms with Gasteiger partial charge in [0.05, 0.1) is 24.4 Å². The summed E-state index contributed by atoms with van der Waals surface area (Å²) in [5, 5.41) is 20.1. The molecule has 0 saturated carbocycles. The zero-order valence-electron chi connectivity index (χ0n) is 23.0. The Balaban J connectivity index is 1.42. The molecular weight excluding hydrogens is 522 g/mol. The Morgan fingerprint density at radius 1 is 0.950 bits per heavy atom. The van der Waals surface area contributed by atoms with Crippen molar-refractivity contribution in [2.24, 2.45) is 0 Å². The van der Waals surface area contributed by atoms with Crippen LogP contribution in [-0.2, 0) is 19.5 Å². The molecule has 208 valence electrons. The zero-order valence-corrected chi connectivity index (χ0v) is 23.8. The SMILES string of the molecule is Cc1cccc(CNCC(O)C(Cc2ccccc2)NC(=O)c2cccc(C(=O)N(C)Cc3nc(C)cs3)c2)n1. The molecule has 4 aromatic rings. The van der Waals surface area contributed by atoms with Crippen LogP contribution in [0.2, 0.25) is 0 Å². The average Bonchev–Trinajstić information content (AvgIpc) is 3.37. The van der Waals surface area contributed by atoms with Gasteiger partial charge < -0.3 is 20.6 Å². The van der Waals surface area contributed by atoms with Crippen LogP contribution in [0, 0.1) is 13.8 Å². The molecule has 2 aromatic carbocycles. The molecule has 0 aliphatic rings. The molecule has 2 heterocycles. The summed E-state index contributed by atoms with van der Waals surface area (Å²) in [6.45, 7) is 5.02. The van der Waals surface area contributed by atoms with Crippen molar-refractivity contribution in [1.29, 1.82) is 0 Å². The highest BCUT2D eigenvalue weighted by Crippen LogP contribution is 2.15. The van der Waals surface area contributed by atoms with Crippen LogP contribution in [0.25, 0.3) is 0 Å². The Hall–Kier alpha value is -3.92. The molecule has 9 heteroatoms. The van der Waals surface area contributed by atoms with Gasteiger partial charge in [-0.05, 0) is 56.2 Å². The third-order valence-corrected chi connectivity index (χ3v) is 7.39. The first-order chi connectivity index (χ1) is 19.3. The number of thiazole rings is 1. The van der Waals surface area contributed by atoms with Gasteiger partial charge in [0.25, 0.3) is 11.8 Å². The van der Waals surface area contributed by atoms with Crippen molar-refractivity contribution in [2.75, 3.05) is 13.6 Å². The zero-order chi connectivity index (χ0) is 28.5. The number of carbonyl (C=O) groups excluding carboxylic acids is 2. The molecular formula is C31H35N5O3S. The van der Waals surface area contributed by atoms with Gasteiger partial charge >= 0.3 is 0 Å². The number of pyridine rings is 1. The molecule has 0 aliphatic heterocycles. The standard InChI is InChI=1S/C31H35N5O3S/c1-21-9-7-14-26(33-21)17-32-18-28(37)27(15-23-10-5-4-6-11-23)35-30(38)24-12-8-13-25(16-24)31(39)36(3)19-29-34-22(2)20-40-29/h4-14,16,20,27-28,32,37H,15,17-19H2,1-3H3,(H,35,38). The van der Waals surface area contributed by atoms with Crippen molar-refractivity contribution in [3.05, 3.63) is 117 Å². The number of hydrogen-bond acceptors (Lipinski definition) is 7. The molecule has 0 spiro atoms. The van der Waals surface area contributed by atoms with E-state index < -0.39 is 12.1 Å². The van der Waals surface area contributed by atoms with Crippen LogP contribution < -0.4 is 10.6 Å². The lowest BCUT2D eigenvalue weighted by atomic mass is 10.00. The van der Waals surface area contributed by atoms with Gasteiger partial charge in [0.15, 0.2) is 0 Å². The predicted molar refractivity (Wildman–Crippen MR) is 157 cm³/mol. The van der Waals surface area contributed by atoms with E-state index in [4.69, 9.17) is 0 Å². The second-order valence-corrected chi connectivity index (χ2v) is 10.8. The Labute approximate surface area is 239 Å². The van der Waals surface area contributed by atoms with Gasteiger partial charge in [-0.1, -0.05) is 42.5 Å². The maximum Gasteiger partial charge on any atom is 0.253 e. The van der Waals surface area contributed by atoms with E-state index in [1.54, 1.807) is 36.2 Å². The van der Waals surface area contributed by atoms with Gasteiger partial charge in [0.2, 0.25) is 0 Å². The fourth-order valence-corrected chi connectivity index (χ4v) is 5.18. The van der Waals surface area contributed by atoms with Crippen LogP contribution in [0.3, 0.4) is 0 Å². The van der Waals surface area contributed by atoms with Crippen LogP contribution in [-0.4, -0.2) is 57.5 Å². The van der Waals surface area contributed by atoms with E-state index >= 15 is 0 Å². The number of nitrogens with one attached hydrogen (secondary N) is 2. The first-order valence-corrected chi connectivity index (χ1v) is 14.1. The van der Waals surface area contributed by atoms with Crippen molar-refractivity contribution in [2.45, 2.75) is 45.5 Å². The van der Waals surface area contributed by atoms with Crippen molar-refractivity contribution >= 4 is 23.2 Å². The summed E-state index contributed by atoms with van der Waals surface area (Å²) in [6.07, 6.45) is -0.404. The predicted octanol–water partition coefficient (Wildman–Crippen LogP) is 3.92. The summed E-state index contributed by atoms with van der Waals surface area (Å²) in [7, 11) is 1.72. The first kappa shape index (κ1) is 29.1. The summed E-state index contributed by atoms with van der Waals surface area (Å²) >= 11 is 1.51. The quantitative estimate of drug-likeness (QED) is 0.244. The van der Waals surface area contributed by atoms with E-state index in [2.05, 4.69) is 20.6 Å². The fourth-order valence-electron chi connectivity index (χ4n) is 4.36. The number of aliphatic hydroxyl groups excluding tert-OH is 1. The number of rotatable bonds is 12. The van der Waals surface area contributed by atoms with E-state index in [0.29, 0.717) is 30.6 Å². The molecule has 0 radical (unpaired) electrons. The number of aryl methyl sites for hydroxylation is 2. The third kappa shape index (κ3) is 8.29. The van der Waals surface area contributed by atoms with Crippen LogP contribution in [0.4, 0.5) is 0 Å². The van der Waals surface area contributed by atoms with Gasteiger partial charge in [-0.2, -0.15) is 0 Å². The number of aliphatic hydroxyl groups is 1. The highest BCUT2D eigenvalue weighted by molar-refractivity contribution is 7.09. The lowest BCUT2D eigenvalue weighted by Gasteiger charge is -2.25. The van der Waals surface area contributed by atoms with E-state index in [-0.39, 0.29) is 18.4 Å². The smallest absolute Gasteiger partial charge is 0.253 e. The van der Waals surface area contributed by atoms with Gasteiger partial charge in [-0.15, -0.1) is 11.3 Å². The largest absolute Gasteiger partial charge is 0.390 e. The molecule has 40 heavy (non-hydrogen) atoms. The molecule has 0 aliphatic carbocycles. The molecule has 2 unspecified atom stereocenters. The number of hydrogen-bond donors (Lipinski definition) is 3. The lowest BCUT2D eigenvalue weighted by Crippen LogP contribution is -2.48.